The molecular formula is C7H6F3NO. The van der Waals surface area contributed by atoms with Gasteiger partial charge in [-0.15, -0.1) is 0 Å². The molecule has 1 aromatic heterocycles. The molecule has 0 amide bonds. The van der Waals surface area contributed by atoms with Crippen molar-refractivity contribution in [3.05, 3.63) is 33.5 Å². The molecule has 1 rings (SSSR count). The van der Waals surface area contributed by atoms with Gasteiger partial charge in [-0.2, -0.15) is 0 Å². The van der Waals surface area contributed by atoms with Gasteiger partial charge in [-0.3, -0.25) is 4.79 Å². The van der Waals surface area contributed by atoms with E-state index in [1.54, 1.807) is 4.98 Å². The number of H-pyrrole nitrogens is 1. The molecule has 0 saturated heterocycles. The van der Waals surface area contributed by atoms with E-state index in [4.69, 9.17) is 0 Å². The Morgan fingerprint density at radius 1 is 1.50 bits per heavy atom. The zero-order valence-electron chi connectivity index (χ0n) is 6.20. The lowest BCUT2D eigenvalue weighted by Crippen LogP contribution is -2.13. The molecule has 0 unspecified atom stereocenters. The fourth-order valence-electron chi connectivity index (χ4n) is 0.773. The monoisotopic (exact) mass is 177 g/mol. The number of alkyl halides is 2. The Balaban J connectivity index is 3.33. The van der Waals surface area contributed by atoms with Crippen molar-refractivity contribution < 1.29 is 13.2 Å². The molecule has 0 atom stereocenters. The van der Waals surface area contributed by atoms with Crippen LogP contribution < -0.4 is 5.56 Å². The fraction of sp³-hybridized carbons (Fsp3) is 0.286. The molecule has 0 saturated carbocycles. The normalized spacial score (nSPS) is 10.8. The minimum Gasteiger partial charge on any atom is -0.318 e. The van der Waals surface area contributed by atoms with Gasteiger partial charge in [0.1, 0.15) is 11.5 Å². The van der Waals surface area contributed by atoms with Crippen LogP contribution in [0.15, 0.2) is 10.9 Å². The number of hydrogen-bond donors (Lipinski definition) is 1. The second-order valence-corrected chi connectivity index (χ2v) is 2.34. The number of rotatable bonds is 1. The molecule has 0 aromatic carbocycles. The van der Waals surface area contributed by atoms with Crippen molar-refractivity contribution in [2.24, 2.45) is 0 Å². The van der Waals surface area contributed by atoms with E-state index >= 15 is 0 Å². The van der Waals surface area contributed by atoms with Crippen LogP contribution in [0.5, 0.6) is 0 Å². The zero-order chi connectivity index (χ0) is 9.30. The number of aromatic amines is 1. The van der Waals surface area contributed by atoms with Gasteiger partial charge in [0.05, 0.1) is 0 Å². The van der Waals surface area contributed by atoms with E-state index in [0.717, 1.165) is 6.07 Å². The van der Waals surface area contributed by atoms with Gasteiger partial charge in [0.25, 0.3) is 12.0 Å². The van der Waals surface area contributed by atoms with Crippen LogP contribution in [0.2, 0.25) is 0 Å². The number of hydrogen-bond acceptors (Lipinski definition) is 1. The SMILES string of the molecule is Cc1cc(F)c(C(F)F)[nH]c1=O. The third kappa shape index (κ3) is 1.49. The molecule has 5 heteroatoms. The van der Waals surface area contributed by atoms with E-state index < -0.39 is 23.5 Å². The molecule has 0 spiro atoms. The predicted molar refractivity (Wildman–Crippen MR) is 36.7 cm³/mol. The number of pyridine rings is 1. The third-order valence-electron chi connectivity index (χ3n) is 1.43. The van der Waals surface area contributed by atoms with Crippen molar-refractivity contribution in [3.8, 4) is 0 Å². The van der Waals surface area contributed by atoms with Crippen molar-refractivity contribution in [1.29, 1.82) is 0 Å². The smallest absolute Gasteiger partial charge is 0.281 e. The van der Waals surface area contributed by atoms with Crippen molar-refractivity contribution in [2.45, 2.75) is 13.3 Å². The van der Waals surface area contributed by atoms with Crippen LogP contribution in [0.3, 0.4) is 0 Å². The van der Waals surface area contributed by atoms with Gasteiger partial charge in [0, 0.05) is 5.56 Å². The highest BCUT2D eigenvalue weighted by atomic mass is 19.3. The Hall–Kier alpha value is -1.26. The van der Waals surface area contributed by atoms with E-state index in [1.807, 2.05) is 0 Å². The molecule has 66 valence electrons. The number of aryl methyl sites for hydroxylation is 1. The van der Waals surface area contributed by atoms with Gasteiger partial charge < -0.3 is 4.98 Å². The maximum Gasteiger partial charge on any atom is 0.281 e. The second kappa shape index (κ2) is 3.00. The highest BCUT2D eigenvalue weighted by Crippen LogP contribution is 2.17. The zero-order valence-corrected chi connectivity index (χ0v) is 6.20. The standard InChI is InChI=1S/C7H6F3NO/c1-3-2-4(8)5(6(9)10)11-7(3)12/h2,6H,1H3,(H,11,12). The first kappa shape index (κ1) is 8.83. The lowest BCUT2D eigenvalue weighted by Gasteiger charge is -2.01. The summed E-state index contributed by atoms with van der Waals surface area (Å²) in [6, 6.07) is 0.792. The summed E-state index contributed by atoms with van der Waals surface area (Å²) in [5, 5.41) is 0. The summed E-state index contributed by atoms with van der Waals surface area (Å²) in [4.78, 5) is 12.5. The molecule has 0 aliphatic rings. The van der Waals surface area contributed by atoms with Gasteiger partial charge in [0.15, 0.2) is 0 Å². The van der Waals surface area contributed by atoms with Gasteiger partial charge >= 0.3 is 0 Å². The van der Waals surface area contributed by atoms with E-state index in [0.29, 0.717) is 0 Å². The molecule has 0 aliphatic heterocycles. The molecule has 12 heavy (non-hydrogen) atoms. The molecule has 1 aromatic rings. The van der Waals surface area contributed by atoms with Crippen LogP contribution in [-0.4, -0.2) is 4.98 Å². The van der Waals surface area contributed by atoms with Gasteiger partial charge in [-0.25, -0.2) is 13.2 Å². The summed E-state index contributed by atoms with van der Waals surface area (Å²) in [7, 11) is 0. The average Bonchev–Trinajstić information content (AvgIpc) is 1.96. The van der Waals surface area contributed by atoms with Gasteiger partial charge in [0.2, 0.25) is 0 Å². The summed E-state index contributed by atoms with van der Waals surface area (Å²) in [6.07, 6.45) is -2.99. The lowest BCUT2D eigenvalue weighted by molar-refractivity contribution is 0.140. The summed E-state index contributed by atoms with van der Waals surface area (Å²) in [5.41, 5.74) is -1.56. The maximum atomic E-state index is 12.6. The molecule has 1 N–H and O–H groups in total. The highest BCUT2D eigenvalue weighted by molar-refractivity contribution is 5.15. The summed E-state index contributed by atoms with van der Waals surface area (Å²) in [6.45, 7) is 1.34. The first-order valence-electron chi connectivity index (χ1n) is 3.20. The minimum absolute atomic E-state index is 0.0805. The average molecular weight is 177 g/mol. The topological polar surface area (TPSA) is 32.9 Å². The van der Waals surface area contributed by atoms with Gasteiger partial charge in [-0.1, -0.05) is 0 Å². The minimum atomic E-state index is -2.99. The summed E-state index contributed by atoms with van der Waals surface area (Å²) < 4.78 is 36.5. The van der Waals surface area contributed by atoms with E-state index in [9.17, 15) is 18.0 Å². The molecule has 0 bridgehead atoms. The predicted octanol–water partition coefficient (Wildman–Crippen LogP) is 1.76. The molecular weight excluding hydrogens is 171 g/mol. The Morgan fingerprint density at radius 2 is 2.08 bits per heavy atom. The second-order valence-electron chi connectivity index (χ2n) is 2.34. The summed E-state index contributed by atoms with van der Waals surface area (Å²) >= 11 is 0. The molecule has 2 nitrogen and oxygen atoms in total. The maximum absolute atomic E-state index is 12.6. The Kier molecular flexibility index (Phi) is 2.21. The Labute approximate surface area is 66.0 Å². The van der Waals surface area contributed by atoms with Crippen LogP contribution in [-0.2, 0) is 0 Å². The number of halogens is 3. The molecule has 0 radical (unpaired) electrons. The Morgan fingerprint density at radius 3 is 2.58 bits per heavy atom. The largest absolute Gasteiger partial charge is 0.318 e. The van der Waals surface area contributed by atoms with E-state index in [2.05, 4.69) is 0 Å². The highest BCUT2D eigenvalue weighted by Gasteiger charge is 2.14. The van der Waals surface area contributed by atoms with E-state index in [1.165, 1.54) is 6.92 Å². The summed E-state index contributed by atoms with van der Waals surface area (Å²) in [5.74, 6) is -1.08. The number of nitrogens with one attached hydrogen (secondary N) is 1. The lowest BCUT2D eigenvalue weighted by atomic mass is 10.2. The van der Waals surface area contributed by atoms with Crippen molar-refractivity contribution in [2.75, 3.05) is 0 Å². The quantitative estimate of drug-likeness (QED) is 0.696. The number of aromatic nitrogens is 1. The van der Waals surface area contributed by atoms with Crippen molar-refractivity contribution >= 4 is 0 Å². The first-order chi connectivity index (χ1) is 5.52. The van der Waals surface area contributed by atoms with Crippen LogP contribution >= 0.6 is 0 Å². The van der Waals surface area contributed by atoms with Crippen LogP contribution in [0.1, 0.15) is 17.7 Å². The van der Waals surface area contributed by atoms with Gasteiger partial charge in [-0.05, 0) is 13.0 Å². The molecule has 0 aliphatic carbocycles. The molecule has 0 fully saturated rings. The van der Waals surface area contributed by atoms with Crippen LogP contribution in [0.4, 0.5) is 13.2 Å². The fourth-order valence-corrected chi connectivity index (χ4v) is 0.773. The first-order valence-corrected chi connectivity index (χ1v) is 3.20. The van der Waals surface area contributed by atoms with Crippen molar-refractivity contribution in [3.63, 3.8) is 0 Å². The Bertz CT molecular complexity index is 345. The molecule has 1 heterocycles. The van der Waals surface area contributed by atoms with Crippen molar-refractivity contribution in [1.82, 2.24) is 4.98 Å². The van der Waals surface area contributed by atoms with Crippen LogP contribution in [0.25, 0.3) is 0 Å². The van der Waals surface area contributed by atoms with E-state index in [-0.39, 0.29) is 5.56 Å². The third-order valence-corrected chi connectivity index (χ3v) is 1.43. The van der Waals surface area contributed by atoms with Crippen LogP contribution in [0, 0.1) is 12.7 Å².